The van der Waals surface area contributed by atoms with Crippen LogP contribution in [0, 0.1) is 0 Å². The Hall–Kier alpha value is 0.0500. The summed E-state index contributed by atoms with van der Waals surface area (Å²) < 4.78 is 28.4. The van der Waals surface area contributed by atoms with E-state index < -0.39 is 10.0 Å². The third kappa shape index (κ3) is 4.62. The van der Waals surface area contributed by atoms with Gasteiger partial charge in [-0.15, -0.1) is 0 Å². The van der Waals surface area contributed by atoms with Crippen molar-refractivity contribution in [3.8, 4) is 0 Å². The van der Waals surface area contributed by atoms with Gasteiger partial charge >= 0.3 is 0 Å². The Bertz CT molecular complexity index is 518. The standard InChI is InChI=1S/C11H16Br2N2O2S/c1-8(7-15(2)3)14-18(16,17)11-6-9(12)4-5-10(11)13/h4-6,8,14H,7H2,1-3H3. The van der Waals surface area contributed by atoms with Gasteiger partial charge in [0, 0.05) is 21.5 Å². The molecule has 0 aliphatic carbocycles. The molecule has 4 nitrogen and oxygen atoms in total. The fourth-order valence-corrected chi connectivity index (χ4v) is 4.33. The van der Waals surface area contributed by atoms with Gasteiger partial charge in [-0.1, -0.05) is 15.9 Å². The molecule has 1 aromatic carbocycles. The first-order chi connectivity index (χ1) is 8.22. The summed E-state index contributed by atoms with van der Waals surface area (Å²) in [5.41, 5.74) is 0. The number of likely N-dealkylation sites (N-methyl/N-ethyl adjacent to an activating group) is 1. The SMILES string of the molecule is CC(CN(C)C)NS(=O)(=O)c1cc(Br)ccc1Br. The molecule has 1 rings (SSSR count). The van der Waals surface area contributed by atoms with Gasteiger partial charge in [-0.25, -0.2) is 13.1 Å². The summed E-state index contributed by atoms with van der Waals surface area (Å²) in [5, 5.41) is 0. The maximum absolute atomic E-state index is 12.2. The Morgan fingerprint density at radius 1 is 1.33 bits per heavy atom. The van der Waals surface area contributed by atoms with Crippen molar-refractivity contribution in [3.05, 3.63) is 27.1 Å². The minimum absolute atomic E-state index is 0.157. The van der Waals surface area contributed by atoms with Gasteiger partial charge in [0.05, 0.1) is 4.90 Å². The number of hydrogen-bond donors (Lipinski definition) is 1. The molecule has 0 aliphatic heterocycles. The average molecular weight is 400 g/mol. The van der Waals surface area contributed by atoms with Crippen LogP contribution in [0.2, 0.25) is 0 Å². The van der Waals surface area contributed by atoms with Gasteiger partial charge in [-0.2, -0.15) is 0 Å². The summed E-state index contributed by atoms with van der Waals surface area (Å²) in [6, 6.07) is 4.91. The Balaban J connectivity index is 2.96. The quantitative estimate of drug-likeness (QED) is 0.827. The number of nitrogens with zero attached hydrogens (tertiary/aromatic N) is 1. The zero-order valence-electron chi connectivity index (χ0n) is 10.4. The van der Waals surface area contributed by atoms with Gasteiger partial charge in [0.2, 0.25) is 10.0 Å². The van der Waals surface area contributed by atoms with Gasteiger partial charge < -0.3 is 4.90 Å². The molecule has 18 heavy (non-hydrogen) atoms. The highest BCUT2D eigenvalue weighted by Crippen LogP contribution is 2.25. The van der Waals surface area contributed by atoms with Crippen LogP contribution in [-0.2, 0) is 10.0 Å². The molecule has 7 heteroatoms. The summed E-state index contributed by atoms with van der Waals surface area (Å²) in [4.78, 5) is 2.17. The van der Waals surface area contributed by atoms with E-state index in [1.807, 2.05) is 25.9 Å². The van der Waals surface area contributed by atoms with E-state index in [0.717, 1.165) is 4.47 Å². The molecule has 0 bridgehead atoms. The largest absolute Gasteiger partial charge is 0.308 e. The van der Waals surface area contributed by atoms with Crippen LogP contribution < -0.4 is 4.72 Å². The fraction of sp³-hybridized carbons (Fsp3) is 0.455. The third-order valence-corrected chi connectivity index (χ3v) is 5.25. The van der Waals surface area contributed by atoms with Gasteiger partial charge in [0.15, 0.2) is 0 Å². The molecule has 0 aromatic heterocycles. The summed E-state index contributed by atoms with van der Waals surface area (Å²) in [5.74, 6) is 0. The number of sulfonamides is 1. The Labute approximate surface area is 125 Å². The monoisotopic (exact) mass is 398 g/mol. The molecule has 1 aromatic rings. The van der Waals surface area contributed by atoms with E-state index in [1.54, 1.807) is 18.2 Å². The highest BCUT2D eigenvalue weighted by molar-refractivity contribution is 9.11. The third-order valence-electron chi connectivity index (χ3n) is 2.18. The second-order valence-corrected chi connectivity index (χ2v) is 7.81. The lowest BCUT2D eigenvalue weighted by Gasteiger charge is -2.18. The summed E-state index contributed by atoms with van der Waals surface area (Å²) in [6.07, 6.45) is 0. The van der Waals surface area contributed by atoms with E-state index in [-0.39, 0.29) is 10.9 Å². The Morgan fingerprint density at radius 2 is 1.94 bits per heavy atom. The average Bonchev–Trinajstić information content (AvgIpc) is 2.19. The molecular formula is C11H16Br2N2O2S. The molecule has 0 saturated carbocycles. The van der Waals surface area contributed by atoms with E-state index in [9.17, 15) is 8.42 Å². The molecule has 0 spiro atoms. The molecule has 0 fully saturated rings. The van der Waals surface area contributed by atoms with Crippen molar-refractivity contribution in [2.75, 3.05) is 20.6 Å². The molecule has 1 unspecified atom stereocenters. The predicted molar refractivity (Wildman–Crippen MR) is 80.2 cm³/mol. The van der Waals surface area contributed by atoms with Crippen molar-refractivity contribution in [1.82, 2.24) is 9.62 Å². The second kappa shape index (κ2) is 6.47. The minimum atomic E-state index is -3.51. The number of halogens is 2. The van der Waals surface area contributed by atoms with Crippen LogP contribution in [0.1, 0.15) is 6.92 Å². The molecule has 0 heterocycles. The summed E-state index contributed by atoms with van der Waals surface area (Å²) in [7, 11) is 0.293. The maximum Gasteiger partial charge on any atom is 0.242 e. The molecule has 1 atom stereocenters. The van der Waals surface area contributed by atoms with Gasteiger partial charge in [0.25, 0.3) is 0 Å². The summed E-state index contributed by atoms with van der Waals surface area (Å²) in [6.45, 7) is 2.48. The number of rotatable bonds is 5. The minimum Gasteiger partial charge on any atom is -0.308 e. The molecule has 0 aliphatic rings. The number of hydrogen-bond acceptors (Lipinski definition) is 3. The molecular weight excluding hydrogens is 384 g/mol. The zero-order valence-corrected chi connectivity index (χ0v) is 14.4. The van der Waals surface area contributed by atoms with Crippen molar-refractivity contribution < 1.29 is 8.42 Å². The Kier molecular flexibility index (Phi) is 5.79. The van der Waals surface area contributed by atoms with Crippen molar-refractivity contribution in [1.29, 1.82) is 0 Å². The van der Waals surface area contributed by atoms with Crippen LogP contribution in [0.25, 0.3) is 0 Å². The van der Waals surface area contributed by atoms with Gasteiger partial charge in [-0.05, 0) is 55.1 Å². The zero-order chi connectivity index (χ0) is 13.9. The van der Waals surface area contributed by atoms with Crippen LogP contribution in [0.15, 0.2) is 32.0 Å². The molecule has 0 amide bonds. The first-order valence-corrected chi connectivity index (χ1v) is 8.41. The van der Waals surface area contributed by atoms with Crippen molar-refractivity contribution in [2.24, 2.45) is 0 Å². The van der Waals surface area contributed by atoms with Gasteiger partial charge in [-0.3, -0.25) is 0 Å². The smallest absolute Gasteiger partial charge is 0.242 e. The topological polar surface area (TPSA) is 49.4 Å². The maximum atomic E-state index is 12.2. The van der Waals surface area contributed by atoms with Crippen LogP contribution >= 0.6 is 31.9 Å². The van der Waals surface area contributed by atoms with Crippen molar-refractivity contribution in [3.63, 3.8) is 0 Å². The van der Waals surface area contributed by atoms with E-state index in [2.05, 4.69) is 36.6 Å². The predicted octanol–water partition coefficient (Wildman–Crippen LogP) is 2.44. The lowest BCUT2D eigenvalue weighted by molar-refractivity contribution is 0.370. The first-order valence-electron chi connectivity index (χ1n) is 5.34. The van der Waals surface area contributed by atoms with E-state index in [4.69, 9.17) is 0 Å². The number of benzene rings is 1. The van der Waals surface area contributed by atoms with Crippen molar-refractivity contribution in [2.45, 2.75) is 17.9 Å². The highest BCUT2D eigenvalue weighted by Gasteiger charge is 2.20. The lowest BCUT2D eigenvalue weighted by atomic mass is 10.3. The molecule has 1 N–H and O–H groups in total. The molecule has 102 valence electrons. The highest BCUT2D eigenvalue weighted by atomic mass is 79.9. The summed E-state index contributed by atoms with van der Waals surface area (Å²) >= 11 is 6.53. The fourth-order valence-electron chi connectivity index (χ4n) is 1.60. The lowest BCUT2D eigenvalue weighted by Crippen LogP contribution is -2.39. The van der Waals surface area contributed by atoms with Crippen LogP contribution in [0.4, 0.5) is 0 Å². The van der Waals surface area contributed by atoms with E-state index >= 15 is 0 Å². The van der Waals surface area contributed by atoms with Crippen molar-refractivity contribution >= 4 is 41.9 Å². The molecule has 0 saturated heterocycles. The first kappa shape index (κ1) is 16.1. The van der Waals surface area contributed by atoms with Crippen LogP contribution in [-0.4, -0.2) is 40.0 Å². The van der Waals surface area contributed by atoms with E-state index in [1.165, 1.54) is 0 Å². The van der Waals surface area contributed by atoms with E-state index in [0.29, 0.717) is 11.0 Å². The molecule has 0 radical (unpaired) electrons. The second-order valence-electron chi connectivity index (χ2n) is 4.36. The normalized spacial score (nSPS) is 13.9. The van der Waals surface area contributed by atoms with Crippen LogP contribution in [0.3, 0.4) is 0 Å². The Morgan fingerprint density at radius 3 is 2.50 bits per heavy atom. The van der Waals surface area contributed by atoms with Crippen LogP contribution in [0.5, 0.6) is 0 Å². The number of nitrogens with one attached hydrogen (secondary N) is 1. The van der Waals surface area contributed by atoms with Gasteiger partial charge in [0.1, 0.15) is 0 Å².